The third kappa shape index (κ3) is 3.09. The number of rotatable bonds is 6. The van der Waals surface area contributed by atoms with Crippen LogP contribution >= 0.6 is 11.8 Å². The molecule has 0 saturated heterocycles. The number of para-hydroxylation sites is 1. The molecule has 4 N–H and O–H groups in total. The maximum atomic E-state index is 11.7. The average molecular weight is 280 g/mol. The number of aliphatic hydroxyl groups is 1. The van der Waals surface area contributed by atoms with Gasteiger partial charge in [0.1, 0.15) is 5.58 Å². The fourth-order valence-electron chi connectivity index (χ4n) is 1.83. The van der Waals surface area contributed by atoms with Gasteiger partial charge in [0.05, 0.1) is 0 Å². The molecule has 0 aliphatic heterocycles. The Kier molecular flexibility index (Phi) is 4.84. The molecular formula is C13H16N2O3S. The van der Waals surface area contributed by atoms with Crippen LogP contribution in [0.25, 0.3) is 11.0 Å². The van der Waals surface area contributed by atoms with E-state index >= 15 is 0 Å². The molecule has 0 atom stereocenters. The number of nitrogens with two attached hydrogens (primary N) is 1. The number of hydrogen-bond donors (Lipinski definition) is 3. The topological polar surface area (TPSA) is 88.5 Å². The summed E-state index contributed by atoms with van der Waals surface area (Å²) in [6, 6.07) is 7.51. The van der Waals surface area contributed by atoms with E-state index < -0.39 is 5.91 Å². The summed E-state index contributed by atoms with van der Waals surface area (Å²) in [6.07, 6.45) is 0.735. The molecule has 0 bridgehead atoms. The first-order valence-electron chi connectivity index (χ1n) is 5.98. The van der Waals surface area contributed by atoms with E-state index in [4.69, 9.17) is 15.4 Å². The Morgan fingerprint density at radius 2 is 2.21 bits per heavy atom. The molecule has 2 rings (SSSR count). The van der Waals surface area contributed by atoms with Crippen LogP contribution < -0.4 is 11.3 Å². The summed E-state index contributed by atoms with van der Waals surface area (Å²) in [7, 11) is 0. The molecule has 1 aromatic carbocycles. The van der Waals surface area contributed by atoms with E-state index in [1.165, 1.54) is 0 Å². The van der Waals surface area contributed by atoms with Gasteiger partial charge in [0.2, 0.25) is 0 Å². The second-order valence-corrected chi connectivity index (χ2v) is 5.11. The third-order valence-electron chi connectivity index (χ3n) is 2.73. The highest BCUT2D eigenvalue weighted by molar-refractivity contribution is 7.98. The molecule has 2 aromatic rings. The van der Waals surface area contributed by atoms with Crippen LogP contribution in [0.1, 0.15) is 22.5 Å². The highest BCUT2D eigenvalue weighted by Gasteiger charge is 2.19. The van der Waals surface area contributed by atoms with Crippen molar-refractivity contribution in [3.63, 3.8) is 0 Å². The summed E-state index contributed by atoms with van der Waals surface area (Å²) in [6.45, 7) is 0.176. The zero-order valence-electron chi connectivity index (χ0n) is 10.4. The number of benzene rings is 1. The van der Waals surface area contributed by atoms with Crippen LogP contribution in [0.4, 0.5) is 0 Å². The van der Waals surface area contributed by atoms with E-state index in [0.29, 0.717) is 11.3 Å². The molecule has 0 aliphatic rings. The highest BCUT2D eigenvalue weighted by Crippen LogP contribution is 2.29. The molecular weight excluding hydrogens is 264 g/mol. The summed E-state index contributed by atoms with van der Waals surface area (Å²) in [5.74, 6) is 6.50. The molecule has 0 fully saturated rings. The molecule has 1 aromatic heterocycles. The van der Waals surface area contributed by atoms with Gasteiger partial charge in [0.15, 0.2) is 5.76 Å². The standard InChI is InChI=1S/C13H16N2O3S/c14-15-13(17)12-10(8-19-7-3-6-16)9-4-1-2-5-11(9)18-12/h1-2,4-5,16H,3,6-8,14H2,(H,15,17). The Bertz CT molecular complexity index is 568. The predicted octanol–water partition coefficient (Wildman–Crippen LogP) is 1.65. The summed E-state index contributed by atoms with van der Waals surface area (Å²) in [4.78, 5) is 11.7. The summed E-state index contributed by atoms with van der Waals surface area (Å²) in [5.41, 5.74) is 3.63. The maximum absolute atomic E-state index is 11.7. The van der Waals surface area contributed by atoms with Gasteiger partial charge in [-0.3, -0.25) is 10.2 Å². The minimum absolute atomic E-state index is 0.176. The maximum Gasteiger partial charge on any atom is 0.301 e. The second kappa shape index (κ2) is 6.60. The van der Waals surface area contributed by atoms with Crippen molar-refractivity contribution in [1.29, 1.82) is 0 Å². The number of carbonyl (C=O) groups is 1. The Hall–Kier alpha value is -1.50. The average Bonchev–Trinajstić information content (AvgIpc) is 2.81. The number of fused-ring (bicyclic) bond motifs is 1. The van der Waals surface area contributed by atoms with Gasteiger partial charge in [-0.1, -0.05) is 18.2 Å². The second-order valence-electron chi connectivity index (χ2n) is 4.01. The number of aliphatic hydroxyl groups excluding tert-OH is 1. The van der Waals surface area contributed by atoms with Crippen molar-refractivity contribution in [2.75, 3.05) is 12.4 Å². The predicted molar refractivity (Wildman–Crippen MR) is 75.7 cm³/mol. The fourth-order valence-corrected chi connectivity index (χ4v) is 2.80. The number of thioether (sulfide) groups is 1. The Morgan fingerprint density at radius 1 is 1.42 bits per heavy atom. The van der Waals surface area contributed by atoms with Gasteiger partial charge in [-0.2, -0.15) is 11.8 Å². The minimum Gasteiger partial charge on any atom is -0.451 e. The zero-order chi connectivity index (χ0) is 13.7. The number of amides is 1. The number of nitrogens with one attached hydrogen (secondary N) is 1. The van der Waals surface area contributed by atoms with Crippen molar-refractivity contribution in [2.24, 2.45) is 5.84 Å². The van der Waals surface area contributed by atoms with Crippen molar-refractivity contribution >= 4 is 28.6 Å². The largest absolute Gasteiger partial charge is 0.451 e. The lowest BCUT2D eigenvalue weighted by atomic mass is 10.1. The van der Waals surface area contributed by atoms with E-state index in [9.17, 15) is 4.79 Å². The number of hydrogen-bond acceptors (Lipinski definition) is 5. The lowest BCUT2D eigenvalue weighted by molar-refractivity contribution is 0.0927. The zero-order valence-corrected chi connectivity index (χ0v) is 11.2. The molecule has 0 aliphatic carbocycles. The Morgan fingerprint density at radius 3 is 2.95 bits per heavy atom. The van der Waals surface area contributed by atoms with Gasteiger partial charge in [-0.25, -0.2) is 5.84 Å². The van der Waals surface area contributed by atoms with E-state index in [1.54, 1.807) is 11.8 Å². The van der Waals surface area contributed by atoms with Gasteiger partial charge in [-0.05, 0) is 18.2 Å². The van der Waals surface area contributed by atoms with Gasteiger partial charge in [-0.15, -0.1) is 0 Å². The van der Waals surface area contributed by atoms with Gasteiger partial charge >= 0.3 is 5.91 Å². The van der Waals surface area contributed by atoms with Crippen LogP contribution in [0, 0.1) is 0 Å². The SMILES string of the molecule is NNC(=O)c1oc2ccccc2c1CSCCCO. The first kappa shape index (κ1) is 13.9. The number of nitrogen functional groups attached to an aromatic ring is 1. The molecule has 5 nitrogen and oxygen atoms in total. The van der Waals surface area contributed by atoms with Crippen molar-refractivity contribution in [3.05, 3.63) is 35.6 Å². The van der Waals surface area contributed by atoms with Crippen LogP contribution in [0.3, 0.4) is 0 Å². The molecule has 0 saturated carbocycles. The first-order chi connectivity index (χ1) is 9.27. The third-order valence-corrected chi connectivity index (χ3v) is 3.80. The number of carbonyl (C=O) groups excluding carboxylic acids is 1. The molecule has 102 valence electrons. The fraction of sp³-hybridized carbons (Fsp3) is 0.308. The van der Waals surface area contributed by atoms with Gasteiger partial charge < -0.3 is 9.52 Å². The molecule has 0 spiro atoms. The lowest BCUT2D eigenvalue weighted by Crippen LogP contribution is -2.30. The van der Waals surface area contributed by atoms with Crippen molar-refractivity contribution in [3.8, 4) is 0 Å². The normalized spacial score (nSPS) is 10.8. The van der Waals surface area contributed by atoms with Crippen LogP contribution in [-0.4, -0.2) is 23.4 Å². The van der Waals surface area contributed by atoms with Crippen molar-refractivity contribution in [1.82, 2.24) is 5.43 Å². The molecule has 1 heterocycles. The van der Waals surface area contributed by atoms with E-state index in [0.717, 1.165) is 23.1 Å². The van der Waals surface area contributed by atoms with Crippen molar-refractivity contribution in [2.45, 2.75) is 12.2 Å². The summed E-state index contributed by atoms with van der Waals surface area (Å²) < 4.78 is 5.55. The van der Waals surface area contributed by atoms with E-state index in [1.807, 2.05) is 24.3 Å². The van der Waals surface area contributed by atoms with Crippen LogP contribution in [-0.2, 0) is 5.75 Å². The van der Waals surface area contributed by atoms with Crippen LogP contribution in [0.15, 0.2) is 28.7 Å². The number of furan rings is 1. The highest BCUT2D eigenvalue weighted by atomic mass is 32.2. The smallest absolute Gasteiger partial charge is 0.301 e. The van der Waals surface area contributed by atoms with Gasteiger partial charge in [0.25, 0.3) is 0 Å². The lowest BCUT2D eigenvalue weighted by Gasteiger charge is -2.02. The molecule has 0 unspecified atom stereocenters. The molecule has 1 amide bonds. The molecule has 6 heteroatoms. The summed E-state index contributed by atoms with van der Waals surface area (Å²) >= 11 is 1.65. The Labute approximate surface area is 115 Å². The summed E-state index contributed by atoms with van der Waals surface area (Å²) in [5, 5.41) is 9.69. The quantitative estimate of drug-likeness (QED) is 0.324. The van der Waals surface area contributed by atoms with Crippen LogP contribution in [0.5, 0.6) is 0 Å². The molecule has 19 heavy (non-hydrogen) atoms. The van der Waals surface area contributed by atoms with E-state index in [-0.39, 0.29) is 12.4 Å². The Balaban J connectivity index is 2.29. The number of hydrazine groups is 1. The monoisotopic (exact) mass is 280 g/mol. The van der Waals surface area contributed by atoms with Gasteiger partial charge in [0, 0.05) is 23.3 Å². The minimum atomic E-state index is -0.422. The molecule has 0 radical (unpaired) electrons. The van der Waals surface area contributed by atoms with Crippen LogP contribution in [0.2, 0.25) is 0 Å². The van der Waals surface area contributed by atoms with E-state index in [2.05, 4.69) is 5.43 Å². The first-order valence-corrected chi connectivity index (χ1v) is 7.13. The van der Waals surface area contributed by atoms with Crippen molar-refractivity contribution < 1.29 is 14.3 Å².